The molecule has 0 amide bonds. The van der Waals surface area contributed by atoms with E-state index in [1.165, 1.54) is 41.4 Å². The molecule has 0 aliphatic carbocycles. The molecule has 29 heavy (non-hydrogen) atoms. The molecule has 7 nitrogen and oxygen atoms in total. The molecule has 2 aromatic carbocycles. The van der Waals surface area contributed by atoms with Gasteiger partial charge in [-0.25, -0.2) is 12.7 Å². The standard InChI is InChI=1S/C19H19Cl2N3O4S/c1-4-23-16-8-7-14(29(27,28)22(2)3)10-17(16)24(19(26)18(23)25)11-12-5-6-13(20)9-15(12)21/h5-10H,4,11H2,1-3H3. The van der Waals surface area contributed by atoms with E-state index in [-0.39, 0.29) is 18.0 Å². The zero-order chi connectivity index (χ0) is 21.5. The monoisotopic (exact) mass is 455 g/mol. The fourth-order valence-electron chi connectivity index (χ4n) is 3.06. The number of nitrogens with zero attached hydrogens (tertiary/aromatic N) is 3. The molecule has 0 aliphatic rings. The van der Waals surface area contributed by atoms with Gasteiger partial charge in [0, 0.05) is 30.7 Å². The van der Waals surface area contributed by atoms with Crippen LogP contribution in [0.15, 0.2) is 50.9 Å². The Balaban J connectivity index is 2.36. The van der Waals surface area contributed by atoms with Gasteiger partial charge >= 0.3 is 11.1 Å². The van der Waals surface area contributed by atoms with Crippen molar-refractivity contribution in [3.63, 3.8) is 0 Å². The maximum atomic E-state index is 12.8. The molecular formula is C19H19Cl2N3O4S. The van der Waals surface area contributed by atoms with E-state index >= 15 is 0 Å². The van der Waals surface area contributed by atoms with Crippen LogP contribution in [0.25, 0.3) is 11.0 Å². The fourth-order valence-corrected chi connectivity index (χ4v) is 4.45. The summed E-state index contributed by atoms with van der Waals surface area (Å²) in [5, 5.41) is 0.783. The second kappa shape index (κ2) is 7.95. The number of benzene rings is 2. The number of hydrogen-bond donors (Lipinski definition) is 0. The summed E-state index contributed by atoms with van der Waals surface area (Å²) in [5.41, 5.74) is -0.0858. The molecule has 10 heteroatoms. The summed E-state index contributed by atoms with van der Waals surface area (Å²) in [6, 6.07) is 9.20. The first-order valence-electron chi connectivity index (χ1n) is 8.71. The van der Waals surface area contributed by atoms with Crippen LogP contribution in [0, 0.1) is 0 Å². The Labute approximate surface area is 177 Å². The molecule has 0 bridgehead atoms. The minimum Gasteiger partial charge on any atom is -0.302 e. The lowest BCUT2D eigenvalue weighted by molar-refractivity contribution is 0.521. The summed E-state index contributed by atoms with van der Waals surface area (Å²) in [5.74, 6) is 0. The van der Waals surface area contributed by atoms with Crippen molar-refractivity contribution in [2.45, 2.75) is 24.9 Å². The first-order chi connectivity index (χ1) is 13.6. The maximum Gasteiger partial charge on any atom is 0.317 e. The second-order valence-corrected chi connectivity index (χ2v) is 9.61. The average molecular weight is 456 g/mol. The van der Waals surface area contributed by atoms with Crippen LogP contribution >= 0.6 is 23.2 Å². The highest BCUT2D eigenvalue weighted by molar-refractivity contribution is 7.89. The Hall–Kier alpha value is -2.13. The van der Waals surface area contributed by atoms with Crippen molar-refractivity contribution in [1.29, 1.82) is 0 Å². The molecule has 0 saturated heterocycles. The molecule has 0 unspecified atom stereocenters. The fraction of sp³-hybridized carbons (Fsp3) is 0.263. The minimum atomic E-state index is -3.73. The van der Waals surface area contributed by atoms with E-state index in [0.717, 1.165) is 4.31 Å². The Morgan fingerprint density at radius 3 is 2.17 bits per heavy atom. The highest BCUT2D eigenvalue weighted by Crippen LogP contribution is 2.24. The average Bonchev–Trinajstić information content (AvgIpc) is 2.66. The first kappa shape index (κ1) is 21.6. The summed E-state index contributed by atoms with van der Waals surface area (Å²) in [6.07, 6.45) is 0. The van der Waals surface area contributed by atoms with Crippen molar-refractivity contribution < 1.29 is 8.42 Å². The third-order valence-electron chi connectivity index (χ3n) is 4.64. The van der Waals surface area contributed by atoms with Crippen LogP contribution in [-0.2, 0) is 23.1 Å². The number of aryl methyl sites for hydroxylation is 1. The largest absolute Gasteiger partial charge is 0.317 e. The predicted octanol–water partition coefficient (Wildman–Crippen LogP) is 2.79. The van der Waals surface area contributed by atoms with Crippen LogP contribution in [0.1, 0.15) is 12.5 Å². The molecule has 0 radical (unpaired) electrons. The van der Waals surface area contributed by atoms with Gasteiger partial charge in [-0.2, -0.15) is 0 Å². The van der Waals surface area contributed by atoms with E-state index < -0.39 is 21.1 Å². The third-order valence-corrected chi connectivity index (χ3v) is 7.04. The quantitative estimate of drug-likeness (QED) is 0.553. The van der Waals surface area contributed by atoms with E-state index in [2.05, 4.69) is 0 Å². The van der Waals surface area contributed by atoms with Crippen LogP contribution in [0.2, 0.25) is 10.0 Å². The van der Waals surface area contributed by atoms with Gasteiger partial charge in [0.25, 0.3) is 0 Å². The normalized spacial score (nSPS) is 12.1. The number of rotatable bonds is 5. The molecule has 154 valence electrons. The van der Waals surface area contributed by atoms with Crippen LogP contribution in [0.3, 0.4) is 0 Å². The third kappa shape index (κ3) is 3.85. The summed E-state index contributed by atoms with van der Waals surface area (Å²) >= 11 is 12.2. The van der Waals surface area contributed by atoms with Crippen LogP contribution in [-0.4, -0.2) is 36.0 Å². The van der Waals surface area contributed by atoms with Crippen LogP contribution in [0.5, 0.6) is 0 Å². The van der Waals surface area contributed by atoms with Crippen LogP contribution in [0.4, 0.5) is 0 Å². The van der Waals surface area contributed by atoms with E-state index in [4.69, 9.17) is 23.2 Å². The van der Waals surface area contributed by atoms with Crippen molar-refractivity contribution in [2.75, 3.05) is 14.1 Å². The van der Waals surface area contributed by atoms with Gasteiger partial charge < -0.3 is 4.57 Å². The number of fused-ring (bicyclic) bond motifs is 1. The molecule has 1 heterocycles. The molecule has 3 rings (SSSR count). The molecular weight excluding hydrogens is 437 g/mol. The molecule has 0 N–H and O–H groups in total. The molecule has 0 atom stereocenters. The lowest BCUT2D eigenvalue weighted by Gasteiger charge is -2.17. The number of aromatic nitrogens is 2. The van der Waals surface area contributed by atoms with Gasteiger partial charge in [0.2, 0.25) is 10.0 Å². The maximum absolute atomic E-state index is 12.8. The van der Waals surface area contributed by atoms with Gasteiger partial charge in [-0.05, 0) is 42.8 Å². The topological polar surface area (TPSA) is 81.4 Å². The van der Waals surface area contributed by atoms with Crippen molar-refractivity contribution >= 4 is 44.3 Å². The van der Waals surface area contributed by atoms with Crippen molar-refractivity contribution in [2.24, 2.45) is 0 Å². The molecule has 1 aromatic heterocycles. The molecule has 0 aliphatic heterocycles. The lowest BCUT2D eigenvalue weighted by atomic mass is 10.2. The summed E-state index contributed by atoms with van der Waals surface area (Å²) < 4.78 is 28.8. The van der Waals surface area contributed by atoms with Gasteiger partial charge in [-0.15, -0.1) is 0 Å². The lowest BCUT2D eigenvalue weighted by Crippen LogP contribution is -2.41. The Kier molecular flexibility index (Phi) is 5.91. The van der Waals surface area contributed by atoms with Crippen molar-refractivity contribution in [1.82, 2.24) is 13.4 Å². The minimum absolute atomic E-state index is 0.00338. The second-order valence-electron chi connectivity index (χ2n) is 6.61. The number of hydrogen-bond acceptors (Lipinski definition) is 4. The zero-order valence-electron chi connectivity index (χ0n) is 16.0. The van der Waals surface area contributed by atoms with Crippen molar-refractivity contribution in [3.8, 4) is 0 Å². The predicted molar refractivity (Wildman–Crippen MR) is 115 cm³/mol. The Morgan fingerprint density at radius 2 is 1.59 bits per heavy atom. The molecule has 0 saturated carbocycles. The van der Waals surface area contributed by atoms with Crippen LogP contribution < -0.4 is 11.1 Å². The number of sulfonamides is 1. The molecule has 0 spiro atoms. The summed E-state index contributed by atoms with van der Waals surface area (Å²) in [4.78, 5) is 25.5. The van der Waals surface area contributed by atoms with Gasteiger partial charge in [0.05, 0.1) is 22.5 Å². The highest BCUT2D eigenvalue weighted by Gasteiger charge is 2.20. The molecule has 0 fully saturated rings. The molecule has 3 aromatic rings. The summed E-state index contributed by atoms with van der Waals surface area (Å²) in [6.45, 7) is 2.01. The van der Waals surface area contributed by atoms with E-state index in [1.54, 1.807) is 25.1 Å². The zero-order valence-corrected chi connectivity index (χ0v) is 18.3. The SMILES string of the molecule is CCn1c(=O)c(=O)n(Cc2ccc(Cl)cc2Cl)c2cc(S(=O)(=O)N(C)C)ccc21. The van der Waals surface area contributed by atoms with Gasteiger partial charge in [-0.1, -0.05) is 29.3 Å². The van der Waals surface area contributed by atoms with E-state index in [9.17, 15) is 18.0 Å². The summed E-state index contributed by atoms with van der Waals surface area (Å²) in [7, 11) is -0.880. The van der Waals surface area contributed by atoms with E-state index in [0.29, 0.717) is 26.6 Å². The van der Waals surface area contributed by atoms with Gasteiger partial charge in [-0.3, -0.25) is 14.2 Å². The van der Waals surface area contributed by atoms with E-state index in [1.807, 2.05) is 0 Å². The Morgan fingerprint density at radius 1 is 0.931 bits per heavy atom. The van der Waals surface area contributed by atoms with Gasteiger partial charge in [0.1, 0.15) is 0 Å². The van der Waals surface area contributed by atoms with Gasteiger partial charge in [0.15, 0.2) is 0 Å². The van der Waals surface area contributed by atoms with Crippen molar-refractivity contribution in [3.05, 3.63) is 72.7 Å². The Bertz CT molecular complexity index is 1330. The number of halogens is 2. The smallest absolute Gasteiger partial charge is 0.302 e. The first-order valence-corrected chi connectivity index (χ1v) is 10.9. The highest BCUT2D eigenvalue weighted by atomic mass is 35.5.